The number of sulfonamides is 1. The van der Waals surface area contributed by atoms with Gasteiger partial charge in [-0.05, 0) is 25.3 Å². The van der Waals surface area contributed by atoms with Crippen molar-refractivity contribution < 1.29 is 17.9 Å². The maximum absolute atomic E-state index is 11.9. The summed E-state index contributed by atoms with van der Waals surface area (Å²) >= 11 is 1.58. The van der Waals surface area contributed by atoms with Crippen LogP contribution in [0.15, 0.2) is 21.6 Å². The molecule has 116 valence electrons. The van der Waals surface area contributed by atoms with Crippen molar-refractivity contribution in [2.75, 3.05) is 27.0 Å². The topological polar surface area (TPSA) is 82.8 Å². The third kappa shape index (κ3) is 4.23. The highest BCUT2D eigenvalue weighted by atomic mass is 32.2. The molecule has 0 radical (unpaired) electrons. The maximum atomic E-state index is 11.9. The van der Waals surface area contributed by atoms with Crippen LogP contribution in [0.5, 0.6) is 0 Å². The molecule has 0 bridgehead atoms. The molecule has 6 nitrogen and oxygen atoms in total. The molecule has 2 unspecified atom stereocenters. The third-order valence-electron chi connectivity index (χ3n) is 3.01. The SMILES string of the molecule is CSC(CO)C(C)NCc1ccc(S(=O)(=O)N(C)C)o1. The fourth-order valence-electron chi connectivity index (χ4n) is 1.60. The number of aliphatic hydroxyl groups is 1. The van der Waals surface area contributed by atoms with Crippen LogP contribution in [0.4, 0.5) is 0 Å². The monoisotopic (exact) mass is 322 g/mol. The van der Waals surface area contributed by atoms with Gasteiger partial charge in [0.2, 0.25) is 5.09 Å². The van der Waals surface area contributed by atoms with Gasteiger partial charge in [-0.1, -0.05) is 0 Å². The lowest BCUT2D eigenvalue weighted by Gasteiger charge is -2.20. The van der Waals surface area contributed by atoms with Gasteiger partial charge in [0, 0.05) is 25.4 Å². The van der Waals surface area contributed by atoms with Crippen molar-refractivity contribution in [1.29, 1.82) is 0 Å². The van der Waals surface area contributed by atoms with Gasteiger partial charge in [0.1, 0.15) is 5.76 Å². The number of thioether (sulfide) groups is 1. The Kier molecular flexibility index (Phi) is 6.53. The van der Waals surface area contributed by atoms with Crippen LogP contribution in [0.3, 0.4) is 0 Å². The minimum atomic E-state index is -3.53. The molecule has 2 atom stereocenters. The number of hydrogen-bond donors (Lipinski definition) is 2. The van der Waals surface area contributed by atoms with E-state index < -0.39 is 10.0 Å². The lowest BCUT2D eigenvalue weighted by Crippen LogP contribution is -2.36. The number of aliphatic hydroxyl groups excluding tert-OH is 1. The van der Waals surface area contributed by atoms with Gasteiger partial charge >= 0.3 is 0 Å². The van der Waals surface area contributed by atoms with Crippen molar-refractivity contribution in [3.8, 4) is 0 Å². The Morgan fingerprint density at radius 2 is 2.10 bits per heavy atom. The average Bonchev–Trinajstić information content (AvgIpc) is 2.87. The minimum Gasteiger partial charge on any atom is -0.447 e. The predicted molar refractivity (Wildman–Crippen MR) is 80.3 cm³/mol. The highest BCUT2D eigenvalue weighted by Crippen LogP contribution is 2.17. The second-order valence-electron chi connectivity index (χ2n) is 4.63. The summed E-state index contributed by atoms with van der Waals surface area (Å²) in [7, 11) is -0.605. The number of rotatable bonds is 8. The number of nitrogens with zero attached hydrogens (tertiary/aromatic N) is 1. The largest absolute Gasteiger partial charge is 0.447 e. The summed E-state index contributed by atoms with van der Waals surface area (Å²) < 4.78 is 30.2. The molecule has 0 saturated carbocycles. The Bertz CT molecular complexity index is 509. The van der Waals surface area contributed by atoms with E-state index in [1.54, 1.807) is 17.8 Å². The van der Waals surface area contributed by atoms with E-state index in [0.717, 1.165) is 4.31 Å². The Hall–Kier alpha value is -0.540. The van der Waals surface area contributed by atoms with Crippen molar-refractivity contribution >= 4 is 21.8 Å². The van der Waals surface area contributed by atoms with Crippen LogP contribution in [-0.4, -0.2) is 56.1 Å². The molecule has 0 amide bonds. The number of furan rings is 1. The van der Waals surface area contributed by atoms with E-state index in [0.29, 0.717) is 12.3 Å². The molecular formula is C12H22N2O4S2. The highest BCUT2D eigenvalue weighted by Gasteiger charge is 2.22. The summed E-state index contributed by atoms with van der Waals surface area (Å²) in [6, 6.07) is 3.19. The highest BCUT2D eigenvalue weighted by molar-refractivity contribution is 7.99. The molecule has 1 heterocycles. The van der Waals surface area contributed by atoms with Crippen molar-refractivity contribution in [2.24, 2.45) is 0 Å². The summed E-state index contributed by atoms with van der Waals surface area (Å²) in [6.45, 7) is 2.48. The van der Waals surface area contributed by atoms with Gasteiger partial charge in [-0.3, -0.25) is 0 Å². The van der Waals surface area contributed by atoms with E-state index in [1.165, 1.54) is 20.2 Å². The second kappa shape index (κ2) is 7.46. The van der Waals surface area contributed by atoms with E-state index in [2.05, 4.69) is 5.32 Å². The summed E-state index contributed by atoms with van der Waals surface area (Å²) in [4.78, 5) is 0. The van der Waals surface area contributed by atoms with Crippen LogP contribution >= 0.6 is 11.8 Å². The Morgan fingerprint density at radius 3 is 2.60 bits per heavy atom. The lowest BCUT2D eigenvalue weighted by molar-refractivity contribution is 0.273. The molecule has 8 heteroatoms. The molecule has 20 heavy (non-hydrogen) atoms. The Morgan fingerprint density at radius 1 is 1.45 bits per heavy atom. The van der Waals surface area contributed by atoms with Gasteiger partial charge in [0.05, 0.1) is 13.2 Å². The summed E-state index contributed by atoms with van der Waals surface area (Å²) in [5.41, 5.74) is 0. The first-order valence-corrected chi connectivity index (χ1v) is 8.94. The molecule has 0 aromatic carbocycles. The smallest absolute Gasteiger partial charge is 0.275 e. The van der Waals surface area contributed by atoms with Gasteiger partial charge in [0.15, 0.2) is 0 Å². The van der Waals surface area contributed by atoms with E-state index >= 15 is 0 Å². The zero-order valence-corrected chi connectivity index (χ0v) is 13.8. The fraction of sp³-hybridized carbons (Fsp3) is 0.667. The Balaban J connectivity index is 2.66. The predicted octanol–water partition coefficient (Wildman–Crippen LogP) is 0.732. The standard InChI is InChI=1S/C12H22N2O4S2/c1-9(11(8-15)19-4)13-7-10-5-6-12(18-10)20(16,17)14(2)3/h5-6,9,11,13,15H,7-8H2,1-4H3. The normalized spacial score (nSPS) is 15.5. The van der Waals surface area contributed by atoms with Gasteiger partial charge < -0.3 is 14.8 Å². The summed E-state index contributed by atoms with van der Waals surface area (Å²) in [5.74, 6) is 0.551. The Labute approximate surface area is 124 Å². The lowest BCUT2D eigenvalue weighted by atomic mass is 10.2. The van der Waals surface area contributed by atoms with Crippen LogP contribution in [-0.2, 0) is 16.6 Å². The van der Waals surface area contributed by atoms with Crippen LogP contribution in [0.25, 0.3) is 0 Å². The van der Waals surface area contributed by atoms with Gasteiger partial charge in [-0.2, -0.15) is 11.8 Å². The zero-order chi connectivity index (χ0) is 15.3. The fourth-order valence-corrected chi connectivity index (χ4v) is 3.07. The van der Waals surface area contributed by atoms with Crippen LogP contribution in [0.2, 0.25) is 0 Å². The van der Waals surface area contributed by atoms with Crippen molar-refractivity contribution in [2.45, 2.75) is 29.9 Å². The van der Waals surface area contributed by atoms with Crippen molar-refractivity contribution in [1.82, 2.24) is 9.62 Å². The maximum Gasteiger partial charge on any atom is 0.275 e. The molecule has 0 saturated heterocycles. The second-order valence-corrected chi connectivity index (χ2v) is 7.79. The third-order valence-corrected chi connectivity index (χ3v) is 5.86. The molecular weight excluding hydrogens is 300 g/mol. The van der Waals surface area contributed by atoms with E-state index in [-0.39, 0.29) is 23.0 Å². The summed E-state index contributed by atoms with van der Waals surface area (Å²) in [5, 5.41) is 12.4. The number of hydrogen-bond acceptors (Lipinski definition) is 6. The van der Waals surface area contributed by atoms with Crippen molar-refractivity contribution in [3.63, 3.8) is 0 Å². The van der Waals surface area contributed by atoms with Gasteiger partial charge in [-0.15, -0.1) is 0 Å². The summed E-state index contributed by atoms with van der Waals surface area (Å²) in [6.07, 6.45) is 1.94. The first kappa shape index (κ1) is 17.5. The first-order chi connectivity index (χ1) is 9.32. The van der Waals surface area contributed by atoms with E-state index in [4.69, 9.17) is 4.42 Å². The van der Waals surface area contributed by atoms with Gasteiger partial charge in [-0.25, -0.2) is 12.7 Å². The minimum absolute atomic E-state index is 0.0597. The van der Waals surface area contributed by atoms with Crippen LogP contribution in [0.1, 0.15) is 12.7 Å². The van der Waals surface area contributed by atoms with Crippen molar-refractivity contribution in [3.05, 3.63) is 17.9 Å². The molecule has 1 rings (SSSR count). The quantitative estimate of drug-likeness (QED) is 0.734. The average molecular weight is 322 g/mol. The molecule has 0 aliphatic rings. The molecule has 2 N–H and O–H groups in total. The zero-order valence-electron chi connectivity index (χ0n) is 12.2. The molecule has 1 aromatic rings. The molecule has 0 spiro atoms. The molecule has 0 fully saturated rings. The van der Waals surface area contributed by atoms with Crippen LogP contribution < -0.4 is 5.32 Å². The van der Waals surface area contributed by atoms with E-state index in [9.17, 15) is 13.5 Å². The number of nitrogens with one attached hydrogen (secondary N) is 1. The van der Waals surface area contributed by atoms with Gasteiger partial charge in [0.25, 0.3) is 10.0 Å². The first-order valence-electron chi connectivity index (χ1n) is 6.21. The van der Waals surface area contributed by atoms with Crippen LogP contribution in [0, 0.1) is 0 Å². The molecule has 0 aliphatic heterocycles. The molecule has 1 aromatic heterocycles. The molecule has 0 aliphatic carbocycles. The van der Waals surface area contributed by atoms with E-state index in [1.807, 2.05) is 13.2 Å².